The number of hydrogen-bond donors (Lipinski definition) is 0. The molecule has 6 rings (SSSR count). The van der Waals surface area contributed by atoms with Gasteiger partial charge in [-0.25, -0.2) is 14.3 Å². The van der Waals surface area contributed by atoms with Crippen LogP contribution in [0.4, 0.5) is 10.6 Å². The van der Waals surface area contributed by atoms with E-state index in [0.717, 1.165) is 55.6 Å². The van der Waals surface area contributed by atoms with Crippen LogP contribution < -0.4 is 4.90 Å². The third-order valence-electron chi connectivity index (χ3n) is 7.67. The van der Waals surface area contributed by atoms with Crippen LogP contribution in [0.2, 0.25) is 0 Å². The predicted molar refractivity (Wildman–Crippen MR) is 143 cm³/mol. The summed E-state index contributed by atoms with van der Waals surface area (Å²) in [6, 6.07) is 14.9. The number of carbonyl (C=O) groups is 1. The third-order valence-corrected chi connectivity index (χ3v) is 7.67. The molecule has 37 heavy (non-hydrogen) atoms. The van der Waals surface area contributed by atoms with Gasteiger partial charge in [-0.05, 0) is 37.5 Å². The van der Waals surface area contributed by atoms with Crippen molar-refractivity contribution < 1.29 is 9.53 Å². The molecule has 1 amide bonds. The number of benzene rings is 1. The number of anilines is 1. The summed E-state index contributed by atoms with van der Waals surface area (Å²) in [5, 5.41) is 5.12. The molecule has 192 valence electrons. The molecule has 8 nitrogen and oxygen atoms in total. The molecular weight excluding hydrogens is 464 g/mol. The smallest absolute Gasteiger partial charge is 0.417 e. The quantitative estimate of drug-likeness (QED) is 0.482. The number of allylic oxidation sites excluding steroid dienone is 2. The Kier molecular flexibility index (Phi) is 6.66. The molecule has 3 aromatic rings. The zero-order valence-electron chi connectivity index (χ0n) is 21.4. The van der Waals surface area contributed by atoms with Gasteiger partial charge in [-0.15, -0.1) is 5.10 Å². The molecule has 0 unspecified atom stereocenters. The van der Waals surface area contributed by atoms with Crippen molar-refractivity contribution in [3.05, 3.63) is 84.0 Å². The molecule has 0 spiro atoms. The Morgan fingerprint density at radius 1 is 1.00 bits per heavy atom. The van der Waals surface area contributed by atoms with Crippen LogP contribution in [0.15, 0.2) is 67.0 Å². The van der Waals surface area contributed by atoms with E-state index in [0.29, 0.717) is 12.5 Å². The standard InChI is InChI=1S/C29H34N6O2/c1-2-37-29(36)34-15-13-24(14-16-34)28-27(23-9-6-10-23)30-25-11-12-26(31-35(25)28)33-19-17-32(18-20-33)21-22-7-4-3-5-8-22/h3-5,7-8,11-16,23-24H,2,6,9-10,17-21H2,1H3. The van der Waals surface area contributed by atoms with E-state index in [1.165, 1.54) is 29.7 Å². The minimum atomic E-state index is -0.363. The lowest BCUT2D eigenvalue weighted by Crippen LogP contribution is -2.46. The van der Waals surface area contributed by atoms with E-state index in [-0.39, 0.29) is 12.0 Å². The first kappa shape index (κ1) is 23.7. The molecule has 1 saturated heterocycles. The summed E-state index contributed by atoms with van der Waals surface area (Å²) in [5.74, 6) is 1.47. The Labute approximate surface area is 217 Å². The van der Waals surface area contributed by atoms with E-state index in [2.05, 4.69) is 52.3 Å². The number of aromatic nitrogens is 3. The molecule has 0 atom stereocenters. The molecule has 1 aromatic carbocycles. The van der Waals surface area contributed by atoms with Gasteiger partial charge < -0.3 is 9.64 Å². The lowest BCUT2D eigenvalue weighted by Gasteiger charge is -2.35. The Morgan fingerprint density at radius 3 is 2.43 bits per heavy atom. The van der Waals surface area contributed by atoms with Gasteiger partial charge in [0.2, 0.25) is 0 Å². The van der Waals surface area contributed by atoms with Crippen molar-refractivity contribution in [1.82, 2.24) is 24.4 Å². The highest BCUT2D eigenvalue weighted by atomic mass is 16.5. The van der Waals surface area contributed by atoms with Gasteiger partial charge in [0.1, 0.15) is 5.82 Å². The topological polar surface area (TPSA) is 66.2 Å². The highest BCUT2D eigenvalue weighted by molar-refractivity contribution is 5.70. The molecule has 2 aliphatic heterocycles. The van der Waals surface area contributed by atoms with E-state index in [1.54, 1.807) is 12.4 Å². The minimum Gasteiger partial charge on any atom is -0.449 e. The highest BCUT2D eigenvalue weighted by Gasteiger charge is 2.31. The van der Waals surface area contributed by atoms with E-state index < -0.39 is 0 Å². The summed E-state index contributed by atoms with van der Waals surface area (Å²) >= 11 is 0. The van der Waals surface area contributed by atoms with Gasteiger partial charge in [-0.2, -0.15) is 0 Å². The van der Waals surface area contributed by atoms with Crippen molar-refractivity contribution in [2.24, 2.45) is 0 Å². The summed E-state index contributed by atoms with van der Waals surface area (Å²) < 4.78 is 7.18. The average molecular weight is 499 g/mol. The Hall–Kier alpha value is -3.65. The Morgan fingerprint density at radius 2 is 1.76 bits per heavy atom. The number of amides is 1. The van der Waals surface area contributed by atoms with Gasteiger partial charge in [-0.1, -0.05) is 48.9 Å². The number of piperazine rings is 1. The zero-order chi connectivity index (χ0) is 25.2. The molecule has 0 bridgehead atoms. The second-order valence-electron chi connectivity index (χ2n) is 10.0. The molecule has 1 saturated carbocycles. The van der Waals surface area contributed by atoms with Gasteiger partial charge >= 0.3 is 6.09 Å². The van der Waals surface area contributed by atoms with E-state index in [9.17, 15) is 4.79 Å². The monoisotopic (exact) mass is 498 g/mol. The predicted octanol–water partition coefficient (Wildman–Crippen LogP) is 4.90. The summed E-state index contributed by atoms with van der Waals surface area (Å²) in [6.45, 7) is 7.07. The molecule has 2 fully saturated rings. The first-order valence-electron chi connectivity index (χ1n) is 13.4. The number of imidazole rings is 1. The fourth-order valence-electron chi connectivity index (χ4n) is 5.38. The van der Waals surface area contributed by atoms with Crippen molar-refractivity contribution in [3.63, 3.8) is 0 Å². The average Bonchev–Trinajstić information content (AvgIpc) is 3.27. The van der Waals surface area contributed by atoms with Gasteiger partial charge in [0, 0.05) is 57.0 Å². The van der Waals surface area contributed by atoms with Crippen molar-refractivity contribution >= 4 is 17.6 Å². The maximum absolute atomic E-state index is 12.1. The maximum Gasteiger partial charge on any atom is 0.417 e. The van der Waals surface area contributed by atoms with Crippen LogP contribution in [0.1, 0.15) is 55.0 Å². The van der Waals surface area contributed by atoms with Crippen LogP contribution in [-0.2, 0) is 11.3 Å². The van der Waals surface area contributed by atoms with Crippen molar-refractivity contribution in [3.8, 4) is 0 Å². The minimum absolute atomic E-state index is 0.00162. The van der Waals surface area contributed by atoms with Crippen molar-refractivity contribution in [1.29, 1.82) is 0 Å². The van der Waals surface area contributed by atoms with Gasteiger partial charge in [0.25, 0.3) is 0 Å². The van der Waals surface area contributed by atoms with E-state index >= 15 is 0 Å². The first-order chi connectivity index (χ1) is 18.2. The van der Waals surface area contributed by atoms with Crippen LogP contribution in [-0.4, -0.2) is 63.3 Å². The lowest BCUT2D eigenvalue weighted by molar-refractivity contribution is 0.133. The van der Waals surface area contributed by atoms with E-state index in [1.807, 2.05) is 23.6 Å². The number of ether oxygens (including phenoxy) is 1. The molecule has 8 heteroatoms. The Balaban J connectivity index is 1.23. The summed E-state index contributed by atoms with van der Waals surface area (Å²) in [6.07, 6.45) is 10.9. The second kappa shape index (κ2) is 10.4. The number of fused-ring (bicyclic) bond motifs is 1. The number of carbonyl (C=O) groups excluding carboxylic acids is 1. The fourth-order valence-corrected chi connectivity index (χ4v) is 5.38. The summed E-state index contributed by atoms with van der Waals surface area (Å²) in [7, 11) is 0. The Bertz CT molecular complexity index is 1290. The van der Waals surface area contributed by atoms with Crippen LogP contribution in [0.3, 0.4) is 0 Å². The van der Waals surface area contributed by atoms with Crippen LogP contribution in [0, 0.1) is 0 Å². The lowest BCUT2D eigenvalue weighted by atomic mass is 9.80. The SMILES string of the molecule is CCOC(=O)N1C=CC(c2c(C3CCC3)nc3ccc(N4CCN(Cc5ccccc5)CC4)nn23)C=C1. The molecule has 3 aliphatic rings. The van der Waals surface area contributed by atoms with Gasteiger partial charge in [0.15, 0.2) is 5.65 Å². The second-order valence-corrected chi connectivity index (χ2v) is 10.0. The zero-order valence-corrected chi connectivity index (χ0v) is 21.4. The largest absolute Gasteiger partial charge is 0.449 e. The normalized spacial score (nSPS) is 18.9. The summed E-state index contributed by atoms with van der Waals surface area (Å²) in [4.78, 5) is 23.6. The van der Waals surface area contributed by atoms with Gasteiger partial charge in [0.05, 0.1) is 18.0 Å². The summed E-state index contributed by atoms with van der Waals surface area (Å²) in [5.41, 5.74) is 4.50. The molecule has 0 radical (unpaired) electrons. The van der Waals surface area contributed by atoms with Crippen LogP contribution >= 0.6 is 0 Å². The number of hydrogen-bond acceptors (Lipinski definition) is 6. The maximum atomic E-state index is 12.1. The van der Waals surface area contributed by atoms with Crippen molar-refractivity contribution in [2.45, 2.75) is 44.6 Å². The van der Waals surface area contributed by atoms with Crippen molar-refractivity contribution in [2.75, 3.05) is 37.7 Å². The molecule has 2 aromatic heterocycles. The van der Waals surface area contributed by atoms with Gasteiger partial charge in [-0.3, -0.25) is 9.80 Å². The number of nitrogens with zero attached hydrogens (tertiary/aromatic N) is 6. The molecule has 0 N–H and O–H groups in total. The fraction of sp³-hybridized carbons (Fsp3) is 0.414. The highest BCUT2D eigenvalue weighted by Crippen LogP contribution is 2.41. The first-order valence-corrected chi connectivity index (χ1v) is 13.4. The van der Waals surface area contributed by atoms with E-state index in [4.69, 9.17) is 14.8 Å². The molecule has 4 heterocycles. The third kappa shape index (κ3) is 4.85. The molecular formula is C29H34N6O2. The van der Waals surface area contributed by atoms with Crippen LogP contribution in [0.5, 0.6) is 0 Å². The number of rotatable bonds is 6. The van der Waals surface area contributed by atoms with Crippen LogP contribution in [0.25, 0.3) is 5.65 Å². The molecule has 1 aliphatic carbocycles.